The molecule has 0 bridgehead atoms. The normalized spacial score (nSPS) is 11.4. The molecule has 0 amide bonds. The van der Waals surface area contributed by atoms with Gasteiger partial charge in [-0.1, -0.05) is 13.8 Å². The van der Waals surface area contributed by atoms with Crippen molar-refractivity contribution in [2.45, 2.75) is 39.2 Å². The summed E-state index contributed by atoms with van der Waals surface area (Å²) >= 11 is 0. The van der Waals surface area contributed by atoms with Crippen LogP contribution in [0.25, 0.3) is 0 Å². The van der Waals surface area contributed by atoms with Gasteiger partial charge in [0.1, 0.15) is 6.61 Å². The predicted octanol–water partition coefficient (Wildman–Crippen LogP) is 2.46. The summed E-state index contributed by atoms with van der Waals surface area (Å²) in [6.45, 7) is 3.44. The highest BCUT2D eigenvalue weighted by Crippen LogP contribution is 2.04. The van der Waals surface area contributed by atoms with E-state index in [1.165, 1.54) is 0 Å². The van der Waals surface area contributed by atoms with Crippen LogP contribution in [-0.2, 0) is 4.74 Å². The maximum absolute atomic E-state index is 11.5. The van der Waals surface area contributed by atoms with Crippen molar-refractivity contribution in [1.29, 1.82) is 0 Å². The monoisotopic (exact) mass is 152 g/mol. The van der Waals surface area contributed by atoms with Gasteiger partial charge in [-0.15, -0.1) is 0 Å². The van der Waals surface area contributed by atoms with E-state index >= 15 is 0 Å². The second-order valence-corrected chi connectivity index (χ2v) is 2.16. The molecule has 0 aromatic rings. The molecule has 0 N–H and O–H groups in total. The Morgan fingerprint density at radius 1 is 1.20 bits per heavy atom. The molecule has 0 saturated heterocycles. The fraction of sp³-hybridized carbons (Fsp3) is 1.00. The summed E-state index contributed by atoms with van der Waals surface area (Å²) in [5.74, 6) is 0. The summed E-state index contributed by atoms with van der Waals surface area (Å²) in [5, 5.41) is 0. The SMILES string of the molecule is CCC(CC)OCC(F)F. The molecule has 0 rings (SSSR count). The molecular weight excluding hydrogens is 138 g/mol. The number of halogens is 2. The molecule has 0 fully saturated rings. The minimum Gasteiger partial charge on any atom is -0.372 e. The van der Waals surface area contributed by atoms with Crippen molar-refractivity contribution in [2.75, 3.05) is 6.61 Å². The van der Waals surface area contributed by atoms with E-state index in [0.717, 1.165) is 12.8 Å². The fourth-order valence-corrected chi connectivity index (χ4v) is 0.733. The summed E-state index contributed by atoms with van der Waals surface area (Å²) in [7, 11) is 0. The lowest BCUT2D eigenvalue weighted by Crippen LogP contribution is -2.15. The van der Waals surface area contributed by atoms with Crippen LogP contribution in [0.4, 0.5) is 8.78 Å². The van der Waals surface area contributed by atoms with Crippen molar-refractivity contribution >= 4 is 0 Å². The second kappa shape index (κ2) is 5.59. The quantitative estimate of drug-likeness (QED) is 0.588. The Kier molecular flexibility index (Phi) is 5.49. The van der Waals surface area contributed by atoms with Crippen molar-refractivity contribution in [3.63, 3.8) is 0 Å². The van der Waals surface area contributed by atoms with Crippen LogP contribution in [0.3, 0.4) is 0 Å². The molecule has 0 unspecified atom stereocenters. The van der Waals surface area contributed by atoms with Crippen LogP contribution in [0.5, 0.6) is 0 Å². The third-order valence-electron chi connectivity index (χ3n) is 1.37. The smallest absolute Gasteiger partial charge is 0.261 e. The van der Waals surface area contributed by atoms with E-state index in [1.807, 2.05) is 13.8 Å². The lowest BCUT2D eigenvalue weighted by atomic mass is 10.2. The number of hydrogen-bond acceptors (Lipinski definition) is 1. The number of rotatable bonds is 5. The van der Waals surface area contributed by atoms with Crippen LogP contribution in [0.15, 0.2) is 0 Å². The topological polar surface area (TPSA) is 9.23 Å². The molecule has 0 saturated carbocycles. The Morgan fingerprint density at radius 2 is 1.70 bits per heavy atom. The molecule has 3 heteroatoms. The first-order valence-corrected chi connectivity index (χ1v) is 3.60. The third-order valence-corrected chi connectivity index (χ3v) is 1.37. The summed E-state index contributed by atoms with van der Waals surface area (Å²) in [6, 6.07) is 0. The van der Waals surface area contributed by atoms with E-state index in [0.29, 0.717) is 0 Å². The van der Waals surface area contributed by atoms with Crippen LogP contribution in [-0.4, -0.2) is 19.1 Å². The highest BCUT2D eigenvalue weighted by Gasteiger charge is 2.07. The van der Waals surface area contributed by atoms with E-state index in [-0.39, 0.29) is 6.10 Å². The molecule has 0 aromatic heterocycles. The zero-order valence-electron chi connectivity index (χ0n) is 6.44. The van der Waals surface area contributed by atoms with E-state index in [9.17, 15) is 8.78 Å². The molecule has 0 spiro atoms. The van der Waals surface area contributed by atoms with Crippen LogP contribution in [0.1, 0.15) is 26.7 Å². The molecule has 1 nitrogen and oxygen atoms in total. The van der Waals surface area contributed by atoms with Gasteiger partial charge in [0, 0.05) is 0 Å². The van der Waals surface area contributed by atoms with Gasteiger partial charge in [-0.3, -0.25) is 0 Å². The Hall–Kier alpha value is -0.180. The van der Waals surface area contributed by atoms with Crippen molar-refractivity contribution in [2.24, 2.45) is 0 Å². The standard InChI is InChI=1S/C7H14F2O/c1-3-6(4-2)10-5-7(8)9/h6-7H,3-5H2,1-2H3. The minimum absolute atomic E-state index is 0.00833. The van der Waals surface area contributed by atoms with E-state index in [4.69, 9.17) is 4.74 Å². The number of hydrogen-bond donors (Lipinski definition) is 0. The van der Waals surface area contributed by atoms with Gasteiger partial charge in [-0.2, -0.15) is 0 Å². The van der Waals surface area contributed by atoms with Gasteiger partial charge in [0.05, 0.1) is 6.10 Å². The Morgan fingerprint density at radius 3 is 2.00 bits per heavy atom. The van der Waals surface area contributed by atoms with Crippen molar-refractivity contribution in [1.82, 2.24) is 0 Å². The van der Waals surface area contributed by atoms with Crippen LogP contribution < -0.4 is 0 Å². The lowest BCUT2D eigenvalue weighted by molar-refractivity contribution is -0.0263. The molecule has 0 aliphatic carbocycles. The third kappa shape index (κ3) is 4.68. The number of alkyl halides is 2. The van der Waals surface area contributed by atoms with E-state index < -0.39 is 13.0 Å². The highest BCUT2D eigenvalue weighted by atomic mass is 19.3. The van der Waals surface area contributed by atoms with Crippen molar-refractivity contribution in [3.8, 4) is 0 Å². The van der Waals surface area contributed by atoms with Crippen molar-refractivity contribution in [3.05, 3.63) is 0 Å². The second-order valence-electron chi connectivity index (χ2n) is 2.16. The molecule has 0 radical (unpaired) electrons. The molecule has 0 heterocycles. The number of ether oxygens (including phenoxy) is 1. The van der Waals surface area contributed by atoms with Gasteiger partial charge in [0.15, 0.2) is 0 Å². The molecular formula is C7H14F2O. The average molecular weight is 152 g/mol. The predicted molar refractivity (Wildman–Crippen MR) is 36.3 cm³/mol. The lowest BCUT2D eigenvalue weighted by Gasteiger charge is -2.12. The molecule has 62 valence electrons. The Labute approximate surface area is 60.4 Å². The molecule has 0 aliphatic heterocycles. The van der Waals surface area contributed by atoms with Gasteiger partial charge < -0.3 is 4.74 Å². The molecule has 10 heavy (non-hydrogen) atoms. The molecule has 0 atom stereocenters. The van der Waals surface area contributed by atoms with Gasteiger partial charge in [-0.05, 0) is 12.8 Å². The minimum atomic E-state index is -2.33. The maximum Gasteiger partial charge on any atom is 0.261 e. The van der Waals surface area contributed by atoms with Crippen LogP contribution in [0, 0.1) is 0 Å². The van der Waals surface area contributed by atoms with Gasteiger partial charge in [0.2, 0.25) is 0 Å². The van der Waals surface area contributed by atoms with Crippen LogP contribution >= 0.6 is 0 Å². The summed E-state index contributed by atoms with van der Waals surface area (Å²) < 4.78 is 27.9. The molecule has 0 aromatic carbocycles. The van der Waals surface area contributed by atoms with E-state index in [2.05, 4.69) is 0 Å². The summed E-state index contributed by atoms with van der Waals surface area (Å²) in [4.78, 5) is 0. The molecule has 0 aliphatic rings. The summed E-state index contributed by atoms with van der Waals surface area (Å²) in [6.07, 6.45) is -0.707. The Bertz CT molecular complexity index is 72.0. The Balaban J connectivity index is 3.26. The van der Waals surface area contributed by atoms with Gasteiger partial charge >= 0.3 is 0 Å². The van der Waals surface area contributed by atoms with Crippen LogP contribution in [0.2, 0.25) is 0 Å². The van der Waals surface area contributed by atoms with E-state index in [1.54, 1.807) is 0 Å². The zero-order valence-corrected chi connectivity index (χ0v) is 6.44. The average Bonchev–Trinajstić information content (AvgIpc) is 1.90. The zero-order chi connectivity index (χ0) is 7.98. The maximum atomic E-state index is 11.5. The first-order chi connectivity index (χ1) is 4.70. The van der Waals surface area contributed by atoms with Crippen molar-refractivity contribution < 1.29 is 13.5 Å². The summed E-state index contributed by atoms with van der Waals surface area (Å²) in [5.41, 5.74) is 0. The van der Waals surface area contributed by atoms with Gasteiger partial charge in [-0.25, -0.2) is 8.78 Å². The highest BCUT2D eigenvalue weighted by molar-refractivity contribution is 4.51. The largest absolute Gasteiger partial charge is 0.372 e. The first-order valence-electron chi connectivity index (χ1n) is 3.60. The van der Waals surface area contributed by atoms with Gasteiger partial charge in [0.25, 0.3) is 6.43 Å². The first kappa shape index (κ1) is 9.82. The fourth-order valence-electron chi connectivity index (χ4n) is 0.733.